The zero-order valence-corrected chi connectivity index (χ0v) is 19.0. The van der Waals surface area contributed by atoms with Crippen molar-refractivity contribution in [3.8, 4) is 17.2 Å². The first-order valence-electron chi connectivity index (χ1n) is 10.2. The number of hydrogen-bond donors (Lipinski definition) is 0. The third kappa shape index (κ3) is 3.84. The third-order valence-electron chi connectivity index (χ3n) is 5.67. The van der Waals surface area contributed by atoms with Gasteiger partial charge in [-0.2, -0.15) is 9.57 Å². The number of nitrogens with zero attached hydrogens (tertiary/aromatic N) is 5. The molecular weight excluding hydrogens is 461 g/mol. The Bertz CT molecular complexity index is 1470. The van der Waals surface area contributed by atoms with E-state index in [-0.39, 0.29) is 29.4 Å². The first-order valence-corrected chi connectivity index (χ1v) is 12.5. The molecule has 33 heavy (non-hydrogen) atoms. The van der Waals surface area contributed by atoms with Gasteiger partial charge in [0, 0.05) is 37.1 Å². The summed E-state index contributed by atoms with van der Waals surface area (Å²) in [4.78, 5) is 11.8. The van der Waals surface area contributed by atoms with Crippen molar-refractivity contribution in [2.24, 2.45) is 0 Å². The van der Waals surface area contributed by atoms with Gasteiger partial charge in [-0.05, 0) is 29.8 Å². The Morgan fingerprint density at radius 3 is 2.45 bits per heavy atom. The predicted octanol–water partition coefficient (Wildman–Crippen LogP) is 3.88. The molecule has 0 bridgehead atoms. The summed E-state index contributed by atoms with van der Waals surface area (Å²) in [7, 11) is -3.78. The second-order valence-electron chi connectivity index (χ2n) is 7.53. The van der Waals surface area contributed by atoms with Gasteiger partial charge < -0.3 is 4.90 Å². The summed E-state index contributed by atoms with van der Waals surface area (Å²) in [5.74, 6) is 0.431. The van der Waals surface area contributed by atoms with Gasteiger partial charge in [0.15, 0.2) is 0 Å². The van der Waals surface area contributed by atoms with Crippen molar-refractivity contribution in [1.82, 2.24) is 14.3 Å². The van der Waals surface area contributed by atoms with Crippen molar-refractivity contribution in [1.29, 1.82) is 5.26 Å². The molecule has 1 aliphatic heterocycles. The number of nitriles is 1. The van der Waals surface area contributed by atoms with Gasteiger partial charge in [-0.1, -0.05) is 24.3 Å². The molecule has 0 saturated carbocycles. The van der Waals surface area contributed by atoms with Crippen LogP contribution in [0.4, 0.5) is 10.2 Å². The Balaban J connectivity index is 1.44. The molecule has 0 radical (unpaired) electrons. The lowest BCUT2D eigenvalue weighted by molar-refractivity contribution is 0.384. The SMILES string of the molecule is N#Cc1ccccc1S(=O)(=O)N1CCN(c2ncnc3scc(-c4ccc(F)cc4)c23)CC1. The third-order valence-corrected chi connectivity index (χ3v) is 8.51. The van der Waals surface area contributed by atoms with E-state index in [0.717, 1.165) is 27.2 Å². The molecule has 1 saturated heterocycles. The van der Waals surface area contributed by atoms with Crippen LogP contribution in [0.15, 0.2) is 65.1 Å². The summed E-state index contributed by atoms with van der Waals surface area (Å²) >= 11 is 1.49. The van der Waals surface area contributed by atoms with Crippen molar-refractivity contribution < 1.29 is 12.8 Å². The Labute approximate surface area is 194 Å². The number of fused-ring (bicyclic) bond motifs is 1. The van der Waals surface area contributed by atoms with E-state index < -0.39 is 10.0 Å². The molecule has 0 aliphatic carbocycles. The lowest BCUT2D eigenvalue weighted by Gasteiger charge is -2.35. The average molecular weight is 480 g/mol. The molecule has 7 nitrogen and oxygen atoms in total. The molecule has 5 rings (SSSR count). The van der Waals surface area contributed by atoms with Crippen LogP contribution in [-0.4, -0.2) is 48.9 Å². The molecular formula is C23H18FN5O2S2. The fraction of sp³-hybridized carbons (Fsp3) is 0.174. The fourth-order valence-corrected chi connectivity index (χ4v) is 6.48. The minimum absolute atomic E-state index is 0.0295. The molecule has 0 unspecified atom stereocenters. The summed E-state index contributed by atoms with van der Waals surface area (Å²) in [5.41, 5.74) is 1.93. The van der Waals surface area contributed by atoms with Crippen LogP contribution in [0.3, 0.4) is 0 Å². The van der Waals surface area contributed by atoms with Crippen molar-refractivity contribution in [3.05, 3.63) is 71.6 Å². The van der Waals surface area contributed by atoms with E-state index in [9.17, 15) is 18.1 Å². The highest BCUT2D eigenvalue weighted by molar-refractivity contribution is 7.89. The molecule has 3 heterocycles. The average Bonchev–Trinajstić information content (AvgIpc) is 3.29. The highest BCUT2D eigenvalue weighted by Crippen LogP contribution is 2.38. The summed E-state index contributed by atoms with van der Waals surface area (Å²) in [6.07, 6.45) is 1.51. The minimum Gasteiger partial charge on any atom is -0.353 e. The Morgan fingerprint density at radius 2 is 1.73 bits per heavy atom. The van der Waals surface area contributed by atoms with E-state index in [1.807, 2.05) is 16.3 Å². The van der Waals surface area contributed by atoms with Gasteiger partial charge in [0.25, 0.3) is 0 Å². The Hall–Kier alpha value is -3.39. The van der Waals surface area contributed by atoms with Gasteiger partial charge in [0.2, 0.25) is 10.0 Å². The minimum atomic E-state index is -3.78. The molecule has 1 aliphatic rings. The number of halogens is 1. The van der Waals surface area contributed by atoms with Gasteiger partial charge in [0.05, 0.1) is 15.8 Å². The number of rotatable bonds is 4. The second kappa shape index (κ2) is 8.51. The lowest BCUT2D eigenvalue weighted by atomic mass is 10.1. The number of benzene rings is 2. The summed E-state index contributed by atoms with van der Waals surface area (Å²) < 4.78 is 41.1. The normalized spacial score (nSPS) is 15.0. The van der Waals surface area contributed by atoms with Gasteiger partial charge >= 0.3 is 0 Å². The summed E-state index contributed by atoms with van der Waals surface area (Å²) in [5, 5.41) is 12.2. The van der Waals surface area contributed by atoms with Crippen molar-refractivity contribution in [2.45, 2.75) is 4.90 Å². The molecule has 2 aromatic carbocycles. The second-order valence-corrected chi connectivity index (χ2v) is 10.3. The van der Waals surface area contributed by atoms with Gasteiger partial charge in [0.1, 0.15) is 28.9 Å². The molecule has 0 atom stereocenters. The number of hydrogen-bond acceptors (Lipinski definition) is 7. The van der Waals surface area contributed by atoms with Crippen LogP contribution in [0, 0.1) is 17.1 Å². The Morgan fingerprint density at radius 1 is 1.00 bits per heavy atom. The molecule has 0 N–H and O–H groups in total. The van der Waals surface area contributed by atoms with Crippen LogP contribution >= 0.6 is 11.3 Å². The maximum atomic E-state index is 13.4. The van der Waals surface area contributed by atoms with Crippen LogP contribution in [-0.2, 0) is 10.0 Å². The zero-order valence-electron chi connectivity index (χ0n) is 17.3. The molecule has 10 heteroatoms. The van der Waals surface area contributed by atoms with Crippen LogP contribution in [0.2, 0.25) is 0 Å². The molecule has 1 fully saturated rings. The van der Waals surface area contributed by atoms with Crippen molar-refractivity contribution in [3.63, 3.8) is 0 Å². The van der Waals surface area contributed by atoms with E-state index >= 15 is 0 Å². The van der Waals surface area contributed by atoms with Crippen LogP contribution in [0.25, 0.3) is 21.3 Å². The maximum absolute atomic E-state index is 13.4. The number of piperazine rings is 1. The number of anilines is 1. The highest BCUT2D eigenvalue weighted by Gasteiger charge is 2.31. The van der Waals surface area contributed by atoms with Crippen molar-refractivity contribution >= 4 is 37.4 Å². The molecule has 4 aromatic rings. The topological polar surface area (TPSA) is 90.2 Å². The van der Waals surface area contributed by atoms with Crippen LogP contribution < -0.4 is 4.90 Å². The van der Waals surface area contributed by atoms with Crippen LogP contribution in [0.1, 0.15) is 5.56 Å². The van der Waals surface area contributed by atoms with E-state index in [0.29, 0.717) is 13.1 Å². The Kier molecular flexibility index (Phi) is 5.54. The van der Waals surface area contributed by atoms with Crippen LogP contribution in [0.5, 0.6) is 0 Å². The fourth-order valence-electron chi connectivity index (χ4n) is 4.00. The molecule has 0 spiro atoms. The van der Waals surface area contributed by atoms with Gasteiger partial charge in [-0.15, -0.1) is 11.3 Å². The molecule has 166 valence electrons. The van der Waals surface area contributed by atoms with Gasteiger partial charge in [-0.3, -0.25) is 0 Å². The number of thiophene rings is 1. The van der Waals surface area contributed by atoms with Crippen molar-refractivity contribution in [2.75, 3.05) is 31.1 Å². The van der Waals surface area contributed by atoms with E-state index in [1.165, 1.54) is 46.2 Å². The smallest absolute Gasteiger partial charge is 0.244 e. The zero-order chi connectivity index (χ0) is 23.0. The first-order chi connectivity index (χ1) is 16.0. The summed E-state index contributed by atoms with van der Waals surface area (Å²) in [6.45, 7) is 1.42. The standard InChI is InChI=1S/C23H18FN5O2S2/c24-18-7-5-16(6-8-18)19-14-32-23-21(19)22(26-15-27-23)28-9-11-29(12-10-28)33(30,31)20-4-2-1-3-17(20)13-25/h1-8,14-15H,9-12H2. The molecule has 0 amide bonds. The van der Waals surface area contributed by atoms with E-state index in [4.69, 9.17) is 0 Å². The monoisotopic (exact) mass is 479 g/mol. The van der Waals surface area contributed by atoms with E-state index in [2.05, 4.69) is 9.97 Å². The van der Waals surface area contributed by atoms with E-state index in [1.54, 1.807) is 24.3 Å². The highest BCUT2D eigenvalue weighted by atomic mass is 32.2. The van der Waals surface area contributed by atoms with Gasteiger partial charge in [-0.25, -0.2) is 22.8 Å². The summed E-state index contributed by atoms with van der Waals surface area (Å²) in [6, 6.07) is 14.5. The lowest BCUT2D eigenvalue weighted by Crippen LogP contribution is -2.49. The quantitative estimate of drug-likeness (QED) is 0.441. The number of aromatic nitrogens is 2. The first kappa shape index (κ1) is 21.5. The number of sulfonamides is 1. The largest absolute Gasteiger partial charge is 0.353 e. The predicted molar refractivity (Wildman–Crippen MR) is 125 cm³/mol. The maximum Gasteiger partial charge on any atom is 0.244 e. The molecule has 2 aromatic heterocycles.